The van der Waals surface area contributed by atoms with E-state index in [2.05, 4.69) is 10.1 Å². The highest BCUT2D eigenvalue weighted by atomic mass is 19.3. The minimum Gasteiger partial charge on any atom is -0.463 e. The Hall–Kier alpha value is -3.19. The van der Waals surface area contributed by atoms with Gasteiger partial charge in [-0.15, -0.1) is 0 Å². The number of amides is 1. The summed E-state index contributed by atoms with van der Waals surface area (Å²) >= 11 is 0. The highest BCUT2D eigenvalue weighted by Gasteiger charge is 2.20. The number of hydrogen-bond acceptors (Lipinski definition) is 3. The highest BCUT2D eigenvalue weighted by molar-refractivity contribution is 5.77. The smallest absolute Gasteiger partial charge is 0.387 e. The molecule has 1 amide bonds. The molecule has 29 heavy (non-hydrogen) atoms. The van der Waals surface area contributed by atoms with E-state index in [9.17, 15) is 13.6 Å². The number of carbonyl (C=O) groups excluding carboxylic acids is 1. The Labute approximate surface area is 167 Å². The van der Waals surface area contributed by atoms with E-state index in [-0.39, 0.29) is 18.2 Å². The van der Waals surface area contributed by atoms with Gasteiger partial charge in [-0.1, -0.05) is 42.5 Å². The van der Waals surface area contributed by atoms with Gasteiger partial charge < -0.3 is 19.4 Å². The molecule has 7 heteroatoms. The Morgan fingerprint density at radius 3 is 2.34 bits per heavy atom. The van der Waals surface area contributed by atoms with E-state index < -0.39 is 12.7 Å². The molecule has 0 aliphatic heterocycles. The lowest BCUT2D eigenvalue weighted by molar-refractivity contribution is -0.886. The zero-order valence-electron chi connectivity index (χ0n) is 16.0. The average Bonchev–Trinajstić information content (AvgIpc) is 3.20. The van der Waals surface area contributed by atoms with E-state index in [0.717, 1.165) is 21.8 Å². The van der Waals surface area contributed by atoms with Gasteiger partial charge in [0.25, 0.3) is 5.91 Å². The number of carbonyl (C=O) groups is 1. The van der Waals surface area contributed by atoms with Crippen molar-refractivity contribution < 1.29 is 27.6 Å². The Bertz CT molecular complexity index is 884. The normalized spacial score (nSPS) is 13.1. The summed E-state index contributed by atoms with van der Waals surface area (Å²) in [6.07, 6.45) is 1.61. The minimum atomic E-state index is -2.88. The van der Waals surface area contributed by atoms with Crippen LogP contribution in [0.5, 0.6) is 5.75 Å². The fourth-order valence-electron chi connectivity index (χ4n) is 3.11. The van der Waals surface area contributed by atoms with E-state index in [4.69, 9.17) is 4.42 Å². The van der Waals surface area contributed by atoms with E-state index in [1.54, 1.807) is 18.4 Å². The maximum Gasteiger partial charge on any atom is 0.387 e. The second kappa shape index (κ2) is 9.84. The van der Waals surface area contributed by atoms with Crippen LogP contribution in [0.25, 0.3) is 0 Å². The molecule has 0 fully saturated rings. The fraction of sp³-hybridized carbons (Fsp3) is 0.227. The summed E-state index contributed by atoms with van der Waals surface area (Å²) < 4.78 is 34.5. The third-order valence-electron chi connectivity index (χ3n) is 4.40. The second-order valence-electron chi connectivity index (χ2n) is 6.75. The molecule has 1 unspecified atom stereocenters. The summed E-state index contributed by atoms with van der Waals surface area (Å²) in [4.78, 5) is 13.6. The molecule has 5 nitrogen and oxygen atoms in total. The first-order valence-electron chi connectivity index (χ1n) is 9.24. The van der Waals surface area contributed by atoms with Crippen molar-refractivity contribution >= 4 is 5.91 Å². The number of halogens is 2. The minimum absolute atomic E-state index is 0.0736. The molecular formula is C22H23F2N2O3+. The molecule has 0 saturated carbocycles. The Balaban J connectivity index is 1.71. The summed E-state index contributed by atoms with van der Waals surface area (Å²) in [6.45, 7) is -2.02. The number of quaternary nitrogens is 1. The molecule has 2 N–H and O–H groups in total. The molecule has 1 aromatic heterocycles. The largest absolute Gasteiger partial charge is 0.463 e. The van der Waals surface area contributed by atoms with E-state index in [1.165, 1.54) is 12.1 Å². The first-order chi connectivity index (χ1) is 14.0. The van der Waals surface area contributed by atoms with Crippen LogP contribution < -0.4 is 15.0 Å². The molecule has 1 heterocycles. The van der Waals surface area contributed by atoms with Crippen LogP contribution in [-0.2, 0) is 11.3 Å². The molecule has 2 aromatic carbocycles. The van der Waals surface area contributed by atoms with Gasteiger partial charge in [0.2, 0.25) is 0 Å². The maximum absolute atomic E-state index is 12.7. The molecule has 0 spiro atoms. The van der Waals surface area contributed by atoms with Gasteiger partial charge in [-0.2, -0.15) is 8.78 Å². The van der Waals surface area contributed by atoms with Crippen LogP contribution in [0.3, 0.4) is 0 Å². The standard InChI is InChI=1S/C22H22F2N2O3/c1-26(14-19-8-5-13-28-19)15-20(27)25-21(16-6-3-2-4-7-16)17-9-11-18(12-10-17)29-22(23)24/h2-13,21-22H,14-15H2,1H3,(H,25,27)/p+1/t21-/m1/s1. The summed E-state index contributed by atoms with van der Waals surface area (Å²) in [5.41, 5.74) is 1.67. The van der Waals surface area contributed by atoms with Crippen molar-refractivity contribution in [3.63, 3.8) is 0 Å². The van der Waals surface area contributed by atoms with Gasteiger partial charge in [-0.05, 0) is 35.4 Å². The van der Waals surface area contributed by atoms with Gasteiger partial charge in [-0.25, -0.2) is 0 Å². The number of benzene rings is 2. The first kappa shape index (κ1) is 20.5. The third-order valence-corrected chi connectivity index (χ3v) is 4.40. The molecular weight excluding hydrogens is 378 g/mol. The SMILES string of the molecule is C[NH+](CC(=O)N[C@H](c1ccccc1)c1ccc(OC(F)F)cc1)Cc1ccco1. The summed E-state index contributed by atoms with van der Waals surface area (Å²) in [7, 11) is 1.91. The molecule has 152 valence electrons. The van der Waals surface area contributed by atoms with Crippen molar-refractivity contribution in [3.8, 4) is 5.75 Å². The predicted molar refractivity (Wildman–Crippen MR) is 104 cm³/mol. The molecule has 3 aromatic rings. The van der Waals surface area contributed by atoms with Crippen LogP contribution in [0.4, 0.5) is 8.78 Å². The lowest BCUT2D eigenvalue weighted by atomic mass is 9.98. The van der Waals surface area contributed by atoms with Gasteiger partial charge in [0.05, 0.1) is 19.4 Å². The van der Waals surface area contributed by atoms with Crippen molar-refractivity contribution in [3.05, 3.63) is 89.9 Å². The van der Waals surface area contributed by atoms with Crippen LogP contribution in [0.15, 0.2) is 77.4 Å². The summed E-state index contributed by atoms with van der Waals surface area (Å²) in [5.74, 6) is 0.754. The number of likely N-dealkylation sites (N-methyl/N-ethyl adjacent to an activating group) is 1. The molecule has 2 atom stereocenters. The number of nitrogens with one attached hydrogen (secondary N) is 2. The first-order valence-corrected chi connectivity index (χ1v) is 9.24. The molecule has 0 aliphatic carbocycles. The lowest BCUT2D eigenvalue weighted by Crippen LogP contribution is -3.08. The quantitative estimate of drug-likeness (QED) is 0.580. The van der Waals surface area contributed by atoms with Crippen LogP contribution in [0, 0.1) is 0 Å². The van der Waals surface area contributed by atoms with Crippen molar-refractivity contribution in [2.45, 2.75) is 19.2 Å². The topological polar surface area (TPSA) is 55.9 Å². The van der Waals surface area contributed by atoms with Crippen molar-refractivity contribution in [1.29, 1.82) is 0 Å². The highest BCUT2D eigenvalue weighted by Crippen LogP contribution is 2.24. The van der Waals surface area contributed by atoms with Crippen molar-refractivity contribution in [1.82, 2.24) is 5.32 Å². The van der Waals surface area contributed by atoms with Crippen LogP contribution in [0.2, 0.25) is 0 Å². The van der Waals surface area contributed by atoms with Gasteiger partial charge in [0, 0.05) is 0 Å². The van der Waals surface area contributed by atoms with Gasteiger partial charge >= 0.3 is 6.61 Å². The number of hydrogen-bond donors (Lipinski definition) is 2. The Morgan fingerprint density at radius 2 is 1.72 bits per heavy atom. The number of alkyl halides is 2. The number of furan rings is 1. The average molecular weight is 401 g/mol. The summed E-state index contributed by atoms with van der Waals surface area (Å²) in [6, 6.07) is 19.1. The predicted octanol–water partition coefficient (Wildman–Crippen LogP) is 2.80. The van der Waals surface area contributed by atoms with E-state index in [0.29, 0.717) is 6.54 Å². The number of ether oxygens (including phenoxy) is 1. The van der Waals surface area contributed by atoms with Crippen LogP contribution in [-0.4, -0.2) is 26.1 Å². The van der Waals surface area contributed by atoms with Crippen LogP contribution in [0.1, 0.15) is 22.9 Å². The Morgan fingerprint density at radius 1 is 1.03 bits per heavy atom. The fourth-order valence-corrected chi connectivity index (χ4v) is 3.11. The van der Waals surface area contributed by atoms with Crippen molar-refractivity contribution in [2.24, 2.45) is 0 Å². The monoisotopic (exact) mass is 401 g/mol. The zero-order valence-corrected chi connectivity index (χ0v) is 16.0. The zero-order chi connectivity index (χ0) is 20.6. The second-order valence-corrected chi connectivity index (χ2v) is 6.75. The molecule has 0 radical (unpaired) electrons. The van der Waals surface area contributed by atoms with Gasteiger partial charge in [-0.3, -0.25) is 4.79 Å². The number of rotatable bonds is 9. The molecule has 0 aliphatic rings. The van der Waals surface area contributed by atoms with Gasteiger partial charge in [0.15, 0.2) is 12.3 Å². The molecule has 0 saturated heterocycles. The van der Waals surface area contributed by atoms with E-state index in [1.807, 2.05) is 49.5 Å². The lowest BCUT2D eigenvalue weighted by Gasteiger charge is -2.21. The maximum atomic E-state index is 12.7. The van der Waals surface area contributed by atoms with Crippen LogP contribution >= 0.6 is 0 Å². The van der Waals surface area contributed by atoms with Crippen molar-refractivity contribution in [2.75, 3.05) is 13.6 Å². The molecule has 3 rings (SSSR count). The third kappa shape index (κ3) is 6.15. The van der Waals surface area contributed by atoms with E-state index >= 15 is 0 Å². The molecule has 0 bridgehead atoms. The summed E-state index contributed by atoms with van der Waals surface area (Å²) in [5, 5.41) is 3.04. The Kier molecular flexibility index (Phi) is 6.97. The van der Waals surface area contributed by atoms with Gasteiger partial charge in [0.1, 0.15) is 12.3 Å².